The summed E-state index contributed by atoms with van der Waals surface area (Å²) in [5, 5.41) is 14.7. The van der Waals surface area contributed by atoms with Gasteiger partial charge in [0.15, 0.2) is 6.29 Å². The molecule has 4 atom stereocenters. The highest BCUT2D eigenvalue weighted by atomic mass is 16.7. The van der Waals surface area contributed by atoms with Crippen molar-refractivity contribution in [2.45, 2.75) is 58.0 Å². The normalized spacial score (nSPS) is 19.2. The molecule has 9 nitrogen and oxygen atoms in total. The molecule has 1 saturated heterocycles. The zero-order chi connectivity index (χ0) is 29.9. The average Bonchev–Trinajstić information content (AvgIpc) is 3.03. The molecule has 0 bridgehead atoms. The Morgan fingerprint density at radius 3 is 2.29 bits per heavy atom. The third kappa shape index (κ3) is 8.87. The van der Waals surface area contributed by atoms with Gasteiger partial charge in [0.25, 0.3) is 0 Å². The summed E-state index contributed by atoms with van der Waals surface area (Å²) in [4.78, 5) is 25.8. The first-order valence-corrected chi connectivity index (χ1v) is 14.4. The van der Waals surface area contributed by atoms with Gasteiger partial charge in [-0.05, 0) is 43.1 Å². The van der Waals surface area contributed by atoms with Gasteiger partial charge >= 0.3 is 12.0 Å². The molecule has 0 aromatic heterocycles. The van der Waals surface area contributed by atoms with E-state index in [1.54, 1.807) is 6.92 Å². The molecule has 0 spiro atoms. The van der Waals surface area contributed by atoms with Crippen molar-refractivity contribution in [2.75, 3.05) is 26.7 Å². The number of likely N-dealkylation sites (N-methyl/N-ethyl adjacent to an activating group) is 1. The van der Waals surface area contributed by atoms with Crippen LogP contribution in [0.1, 0.15) is 66.5 Å². The summed E-state index contributed by atoms with van der Waals surface area (Å²) in [6.45, 7) is 5.02. The second-order valence-electron chi connectivity index (χ2n) is 10.5. The first-order chi connectivity index (χ1) is 20.4. The number of aliphatic hydroxyl groups excluding tert-OH is 1. The van der Waals surface area contributed by atoms with E-state index in [4.69, 9.17) is 14.2 Å². The van der Waals surface area contributed by atoms with Gasteiger partial charge < -0.3 is 30.0 Å². The van der Waals surface area contributed by atoms with E-state index in [0.717, 1.165) is 28.8 Å². The van der Waals surface area contributed by atoms with Crippen molar-refractivity contribution in [3.63, 3.8) is 0 Å². The van der Waals surface area contributed by atoms with Crippen molar-refractivity contribution in [3.05, 3.63) is 107 Å². The Hall–Kier alpha value is -3.76. The zero-order valence-electron chi connectivity index (χ0n) is 24.5. The van der Waals surface area contributed by atoms with Crippen molar-refractivity contribution in [1.29, 1.82) is 0 Å². The van der Waals surface area contributed by atoms with Crippen LogP contribution in [0.4, 0.5) is 4.79 Å². The van der Waals surface area contributed by atoms with Crippen molar-refractivity contribution in [3.8, 4) is 0 Å². The summed E-state index contributed by atoms with van der Waals surface area (Å²) in [5.41, 5.74) is 4.92. The third-order valence-electron chi connectivity index (χ3n) is 7.45. The highest BCUT2D eigenvalue weighted by molar-refractivity contribution is 5.80. The van der Waals surface area contributed by atoms with Crippen LogP contribution in [-0.2, 0) is 32.2 Å². The van der Waals surface area contributed by atoms with Crippen LogP contribution in [-0.4, -0.2) is 54.9 Å². The second kappa shape index (κ2) is 15.5. The number of benzene rings is 3. The molecule has 1 aliphatic heterocycles. The Morgan fingerprint density at radius 2 is 1.62 bits per heavy atom. The van der Waals surface area contributed by atoms with Crippen LogP contribution in [0.2, 0.25) is 0 Å². The van der Waals surface area contributed by atoms with E-state index in [-0.39, 0.29) is 38.0 Å². The summed E-state index contributed by atoms with van der Waals surface area (Å²) in [5.74, 6) is -0.480. The lowest BCUT2D eigenvalue weighted by atomic mass is 9.99. The summed E-state index contributed by atoms with van der Waals surface area (Å²) in [7, 11) is 2.11. The van der Waals surface area contributed by atoms with Gasteiger partial charge in [-0.25, -0.2) is 4.79 Å². The lowest BCUT2D eigenvalue weighted by molar-refractivity contribution is -0.253. The SMILES string of the molecule is CCOC(=O)CNC(=O)NCc1ccc([C@H]2O[C@@H](CN(C)[C@@H](C)c3ccccc3)C[C@@H](c3ccc(CO)cc3)O2)cc1. The standard InChI is InChI=1S/C33H41N3O6/c1-4-40-31(38)20-35-33(39)34-19-24-10-16-28(17-11-24)32-41-29(21-36(3)23(2)26-8-6-5-7-9-26)18-30(42-32)27-14-12-25(22-37)13-15-27/h5-17,23,29-30,32,37H,4,18-22H2,1-3H3,(H2,34,35,39)/t23-,29+,30-,32-/m0/s1. The first-order valence-electron chi connectivity index (χ1n) is 14.4. The van der Waals surface area contributed by atoms with Gasteiger partial charge in [-0.1, -0.05) is 78.9 Å². The van der Waals surface area contributed by atoms with E-state index in [1.165, 1.54) is 5.56 Å². The molecule has 0 unspecified atom stereocenters. The molecule has 3 aromatic rings. The summed E-state index contributed by atoms with van der Waals surface area (Å²) < 4.78 is 17.8. The molecule has 3 aromatic carbocycles. The Morgan fingerprint density at radius 1 is 0.952 bits per heavy atom. The minimum atomic E-state index is -0.568. The quantitative estimate of drug-likeness (QED) is 0.267. The molecular formula is C33H41N3O6. The number of amides is 2. The lowest BCUT2D eigenvalue weighted by Gasteiger charge is -2.39. The minimum absolute atomic E-state index is 0.00338. The maximum Gasteiger partial charge on any atom is 0.325 e. The van der Waals surface area contributed by atoms with Crippen LogP contribution in [0.25, 0.3) is 0 Å². The molecule has 2 amide bonds. The minimum Gasteiger partial charge on any atom is -0.465 e. The lowest BCUT2D eigenvalue weighted by Crippen LogP contribution is -2.39. The van der Waals surface area contributed by atoms with Gasteiger partial charge in [0, 0.05) is 31.1 Å². The average molecular weight is 576 g/mol. The van der Waals surface area contributed by atoms with Crippen molar-refractivity contribution >= 4 is 12.0 Å². The highest BCUT2D eigenvalue weighted by Gasteiger charge is 2.33. The van der Waals surface area contributed by atoms with E-state index >= 15 is 0 Å². The van der Waals surface area contributed by atoms with E-state index in [2.05, 4.69) is 53.8 Å². The fourth-order valence-electron chi connectivity index (χ4n) is 4.90. The topological polar surface area (TPSA) is 109 Å². The van der Waals surface area contributed by atoms with Crippen LogP contribution in [0.5, 0.6) is 0 Å². The number of nitrogens with one attached hydrogen (secondary N) is 2. The number of nitrogens with zero attached hydrogens (tertiary/aromatic N) is 1. The molecule has 1 heterocycles. The van der Waals surface area contributed by atoms with E-state index < -0.39 is 18.3 Å². The molecular weight excluding hydrogens is 534 g/mol. The Labute approximate surface area is 247 Å². The summed E-state index contributed by atoms with van der Waals surface area (Å²) in [6, 6.07) is 25.8. The van der Waals surface area contributed by atoms with Crippen molar-refractivity contribution in [1.82, 2.24) is 15.5 Å². The van der Waals surface area contributed by atoms with E-state index in [1.807, 2.05) is 54.6 Å². The maximum absolute atomic E-state index is 12.0. The second-order valence-corrected chi connectivity index (χ2v) is 10.5. The van der Waals surface area contributed by atoms with Crippen molar-refractivity contribution < 1.29 is 28.9 Å². The molecule has 0 saturated carbocycles. The van der Waals surface area contributed by atoms with Gasteiger partial charge in [0.2, 0.25) is 0 Å². The highest BCUT2D eigenvalue weighted by Crippen LogP contribution is 2.38. The molecule has 0 aliphatic carbocycles. The first kappa shape index (κ1) is 31.2. The smallest absolute Gasteiger partial charge is 0.325 e. The van der Waals surface area contributed by atoms with Gasteiger partial charge in [0.1, 0.15) is 6.54 Å². The predicted octanol–water partition coefficient (Wildman–Crippen LogP) is 4.78. The number of hydrogen-bond acceptors (Lipinski definition) is 7. The Balaban J connectivity index is 1.42. The molecule has 224 valence electrons. The van der Waals surface area contributed by atoms with Crippen LogP contribution >= 0.6 is 0 Å². The monoisotopic (exact) mass is 575 g/mol. The van der Waals surface area contributed by atoms with Crippen LogP contribution in [0.3, 0.4) is 0 Å². The molecule has 1 fully saturated rings. The van der Waals surface area contributed by atoms with E-state index in [0.29, 0.717) is 13.0 Å². The van der Waals surface area contributed by atoms with E-state index in [9.17, 15) is 14.7 Å². The maximum atomic E-state index is 12.0. The number of urea groups is 1. The third-order valence-corrected chi connectivity index (χ3v) is 7.45. The molecule has 42 heavy (non-hydrogen) atoms. The van der Waals surface area contributed by atoms with Gasteiger partial charge in [0.05, 0.1) is 25.4 Å². The number of carbonyl (C=O) groups is 2. The number of rotatable bonds is 12. The number of esters is 1. The van der Waals surface area contributed by atoms with Gasteiger partial charge in [-0.3, -0.25) is 9.69 Å². The molecule has 3 N–H and O–H groups in total. The van der Waals surface area contributed by atoms with Gasteiger partial charge in [-0.15, -0.1) is 0 Å². The fraction of sp³-hybridized carbons (Fsp3) is 0.394. The van der Waals surface area contributed by atoms with Gasteiger partial charge in [-0.2, -0.15) is 0 Å². The molecule has 1 aliphatic rings. The number of aliphatic hydroxyl groups is 1. The predicted molar refractivity (Wildman–Crippen MR) is 159 cm³/mol. The summed E-state index contributed by atoms with van der Waals surface area (Å²) in [6.07, 6.45) is -0.121. The van der Waals surface area contributed by atoms with Crippen LogP contribution in [0, 0.1) is 0 Å². The molecule has 0 radical (unpaired) electrons. The molecule has 9 heteroatoms. The van der Waals surface area contributed by atoms with Crippen LogP contribution < -0.4 is 10.6 Å². The molecule has 4 rings (SSSR count). The zero-order valence-corrected chi connectivity index (χ0v) is 24.5. The number of ether oxygens (including phenoxy) is 3. The Bertz CT molecular complexity index is 1270. The Kier molecular flexibility index (Phi) is 11.5. The number of carbonyl (C=O) groups excluding carboxylic acids is 2. The number of hydrogen-bond donors (Lipinski definition) is 3. The summed E-state index contributed by atoms with van der Waals surface area (Å²) >= 11 is 0. The fourth-order valence-corrected chi connectivity index (χ4v) is 4.90. The van der Waals surface area contributed by atoms with Crippen LogP contribution in [0.15, 0.2) is 78.9 Å². The van der Waals surface area contributed by atoms with Crippen molar-refractivity contribution in [2.24, 2.45) is 0 Å². The largest absolute Gasteiger partial charge is 0.465 e.